The fourth-order valence-electron chi connectivity index (χ4n) is 3.60. The number of hydrogen-bond acceptors (Lipinski definition) is 3. The quantitative estimate of drug-likeness (QED) is 0.876. The van der Waals surface area contributed by atoms with Crippen molar-refractivity contribution in [1.82, 2.24) is 9.88 Å². The molecule has 0 spiro atoms. The SMILES string of the molecule is CS(=O)(=O)c1ccc2[nH]c3c(c2c1)CN1CCC3CC1. The maximum Gasteiger partial charge on any atom is 0.175 e. The van der Waals surface area contributed by atoms with Gasteiger partial charge in [0.05, 0.1) is 4.90 Å². The van der Waals surface area contributed by atoms with E-state index in [2.05, 4.69) is 9.88 Å². The molecule has 3 aliphatic heterocycles. The van der Waals surface area contributed by atoms with Gasteiger partial charge in [-0.2, -0.15) is 0 Å². The fourth-order valence-corrected chi connectivity index (χ4v) is 4.25. The number of aromatic amines is 1. The van der Waals surface area contributed by atoms with Crippen LogP contribution in [0.15, 0.2) is 23.1 Å². The monoisotopic (exact) mass is 290 g/mol. The highest BCUT2D eigenvalue weighted by atomic mass is 32.2. The average molecular weight is 290 g/mol. The number of benzene rings is 1. The van der Waals surface area contributed by atoms with E-state index in [-0.39, 0.29) is 0 Å². The van der Waals surface area contributed by atoms with E-state index < -0.39 is 9.84 Å². The molecule has 1 aromatic heterocycles. The minimum atomic E-state index is -3.15. The van der Waals surface area contributed by atoms with Crippen molar-refractivity contribution < 1.29 is 8.42 Å². The zero-order valence-corrected chi connectivity index (χ0v) is 12.3. The first kappa shape index (κ1) is 12.4. The molecule has 20 heavy (non-hydrogen) atoms. The van der Waals surface area contributed by atoms with Gasteiger partial charge in [-0.1, -0.05) is 0 Å². The lowest BCUT2D eigenvalue weighted by atomic mass is 9.94. The third-order valence-electron chi connectivity index (χ3n) is 4.72. The van der Waals surface area contributed by atoms with Crippen LogP contribution in [-0.4, -0.2) is 37.6 Å². The summed E-state index contributed by atoms with van der Waals surface area (Å²) in [6.45, 7) is 3.25. The summed E-state index contributed by atoms with van der Waals surface area (Å²) in [5, 5.41) is 1.08. The van der Waals surface area contributed by atoms with Gasteiger partial charge in [0.1, 0.15) is 0 Å². The van der Waals surface area contributed by atoms with Gasteiger partial charge in [-0.05, 0) is 49.7 Å². The van der Waals surface area contributed by atoms with Gasteiger partial charge >= 0.3 is 0 Å². The minimum Gasteiger partial charge on any atom is -0.358 e. The van der Waals surface area contributed by atoms with Gasteiger partial charge < -0.3 is 4.98 Å². The molecule has 106 valence electrons. The number of H-pyrrole nitrogens is 1. The molecule has 3 aliphatic rings. The lowest BCUT2D eigenvalue weighted by Gasteiger charge is -2.26. The Labute approximate surface area is 118 Å². The van der Waals surface area contributed by atoms with E-state index in [4.69, 9.17) is 0 Å². The molecule has 0 saturated carbocycles. The largest absolute Gasteiger partial charge is 0.358 e. The molecule has 1 fully saturated rings. The molecule has 0 amide bonds. The third-order valence-corrected chi connectivity index (χ3v) is 5.83. The van der Waals surface area contributed by atoms with Crippen LogP contribution in [0.5, 0.6) is 0 Å². The third kappa shape index (κ3) is 1.80. The van der Waals surface area contributed by atoms with Crippen molar-refractivity contribution in [2.75, 3.05) is 19.3 Å². The zero-order valence-electron chi connectivity index (χ0n) is 11.5. The molecule has 4 heterocycles. The Kier molecular flexibility index (Phi) is 2.54. The van der Waals surface area contributed by atoms with Crippen molar-refractivity contribution in [2.24, 2.45) is 0 Å². The molecule has 0 unspecified atom stereocenters. The number of rotatable bonds is 1. The van der Waals surface area contributed by atoms with Crippen molar-refractivity contribution in [3.8, 4) is 0 Å². The Bertz CT molecular complexity index is 784. The number of aromatic nitrogens is 1. The molecule has 2 aromatic rings. The Morgan fingerprint density at radius 3 is 2.70 bits per heavy atom. The molecule has 5 rings (SSSR count). The van der Waals surface area contributed by atoms with Gasteiger partial charge in [-0.25, -0.2) is 8.42 Å². The predicted molar refractivity (Wildman–Crippen MR) is 78.7 cm³/mol. The number of fused-ring (bicyclic) bond motifs is 3. The Balaban J connectivity index is 1.96. The minimum absolute atomic E-state index is 0.415. The van der Waals surface area contributed by atoms with E-state index in [1.54, 1.807) is 6.07 Å². The van der Waals surface area contributed by atoms with Crippen LogP contribution in [0.1, 0.15) is 30.0 Å². The van der Waals surface area contributed by atoms with Gasteiger partial charge in [0.15, 0.2) is 9.84 Å². The first-order valence-electron chi connectivity index (χ1n) is 7.09. The summed E-state index contributed by atoms with van der Waals surface area (Å²) in [5.41, 5.74) is 3.72. The van der Waals surface area contributed by atoms with Crippen LogP contribution in [0.2, 0.25) is 0 Å². The second-order valence-corrected chi connectivity index (χ2v) is 8.06. The lowest BCUT2D eigenvalue weighted by molar-refractivity contribution is 0.220. The van der Waals surface area contributed by atoms with E-state index in [1.165, 1.54) is 30.4 Å². The van der Waals surface area contributed by atoms with Crippen molar-refractivity contribution in [3.63, 3.8) is 0 Å². The fraction of sp³-hybridized carbons (Fsp3) is 0.467. The number of sulfone groups is 1. The highest BCUT2D eigenvalue weighted by Crippen LogP contribution is 2.39. The van der Waals surface area contributed by atoms with Crippen LogP contribution in [-0.2, 0) is 16.4 Å². The Hall–Kier alpha value is -1.33. The van der Waals surface area contributed by atoms with Gasteiger partial charge in [0.25, 0.3) is 0 Å². The zero-order chi connectivity index (χ0) is 13.9. The number of nitrogens with one attached hydrogen (secondary N) is 1. The van der Waals surface area contributed by atoms with Crippen molar-refractivity contribution >= 4 is 20.7 Å². The molecule has 0 radical (unpaired) electrons. The molecule has 1 aromatic carbocycles. The van der Waals surface area contributed by atoms with Crippen LogP contribution in [0, 0.1) is 0 Å². The van der Waals surface area contributed by atoms with Crippen LogP contribution < -0.4 is 0 Å². The van der Waals surface area contributed by atoms with E-state index in [0.717, 1.165) is 30.5 Å². The normalized spacial score (nSPS) is 25.6. The average Bonchev–Trinajstić information content (AvgIpc) is 2.57. The summed E-state index contributed by atoms with van der Waals surface area (Å²) in [7, 11) is -3.15. The van der Waals surface area contributed by atoms with Crippen LogP contribution in [0.3, 0.4) is 0 Å². The summed E-state index contributed by atoms with van der Waals surface area (Å²) >= 11 is 0. The van der Waals surface area contributed by atoms with Gasteiger partial charge in [-0.3, -0.25) is 4.90 Å². The second kappa shape index (κ2) is 4.09. The smallest absolute Gasteiger partial charge is 0.175 e. The highest BCUT2D eigenvalue weighted by molar-refractivity contribution is 7.90. The van der Waals surface area contributed by atoms with Crippen LogP contribution in [0.25, 0.3) is 10.9 Å². The van der Waals surface area contributed by atoms with E-state index in [1.807, 2.05) is 12.1 Å². The summed E-state index contributed by atoms with van der Waals surface area (Å²) in [6.07, 6.45) is 3.68. The molecular weight excluding hydrogens is 272 g/mol. The molecule has 5 heteroatoms. The summed E-state index contributed by atoms with van der Waals surface area (Å²) in [4.78, 5) is 6.43. The topological polar surface area (TPSA) is 53.2 Å². The number of piperidine rings is 1. The molecule has 4 nitrogen and oxygen atoms in total. The van der Waals surface area contributed by atoms with E-state index in [0.29, 0.717) is 10.8 Å². The standard InChI is InChI=1S/C15H18N2O2S/c1-20(18,19)11-2-3-14-12(8-11)13-9-17-6-4-10(5-7-17)15(13)16-14/h2-3,8,10,16H,4-7,9H2,1H3. The summed E-state index contributed by atoms with van der Waals surface area (Å²) in [6, 6.07) is 5.45. The second-order valence-electron chi connectivity index (χ2n) is 6.05. The summed E-state index contributed by atoms with van der Waals surface area (Å²) < 4.78 is 23.5. The predicted octanol–water partition coefficient (Wildman–Crippen LogP) is 2.26. The molecule has 1 N–H and O–H groups in total. The lowest BCUT2D eigenvalue weighted by Crippen LogP contribution is -2.28. The summed E-state index contributed by atoms with van der Waals surface area (Å²) in [5.74, 6) is 0.609. The highest BCUT2D eigenvalue weighted by Gasteiger charge is 2.30. The van der Waals surface area contributed by atoms with E-state index in [9.17, 15) is 8.42 Å². The number of hydrogen-bond donors (Lipinski definition) is 1. The van der Waals surface area contributed by atoms with Crippen LogP contribution in [0.4, 0.5) is 0 Å². The number of nitrogens with zero attached hydrogens (tertiary/aromatic N) is 1. The Morgan fingerprint density at radius 2 is 2.00 bits per heavy atom. The van der Waals surface area contributed by atoms with Crippen LogP contribution >= 0.6 is 0 Å². The van der Waals surface area contributed by atoms with Crippen molar-refractivity contribution in [2.45, 2.75) is 30.2 Å². The molecule has 0 atom stereocenters. The Morgan fingerprint density at radius 1 is 1.25 bits per heavy atom. The molecule has 2 bridgehead atoms. The van der Waals surface area contributed by atoms with Crippen molar-refractivity contribution in [3.05, 3.63) is 29.5 Å². The van der Waals surface area contributed by atoms with Crippen molar-refractivity contribution in [1.29, 1.82) is 0 Å². The maximum absolute atomic E-state index is 11.8. The van der Waals surface area contributed by atoms with E-state index >= 15 is 0 Å². The molecular formula is C15H18N2O2S. The molecule has 0 aliphatic carbocycles. The molecule has 1 saturated heterocycles. The van der Waals surface area contributed by atoms with Gasteiger partial charge in [0.2, 0.25) is 0 Å². The maximum atomic E-state index is 11.8. The first-order valence-corrected chi connectivity index (χ1v) is 8.98. The first-order chi connectivity index (χ1) is 9.52. The van der Waals surface area contributed by atoms with Gasteiger partial charge in [-0.15, -0.1) is 0 Å². The van der Waals surface area contributed by atoms with Gasteiger partial charge in [0, 0.05) is 35.3 Å².